The molecule has 0 fully saturated rings. The largest absolute Gasteiger partial charge is 0.464 e. The lowest BCUT2D eigenvalue weighted by Gasteiger charge is -2.01. The Morgan fingerprint density at radius 1 is 1.47 bits per heavy atom. The predicted molar refractivity (Wildman–Crippen MR) is 61.5 cm³/mol. The summed E-state index contributed by atoms with van der Waals surface area (Å²) in [6.45, 7) is 5.62. The van der Waals surface area contributed by atoms with Crippen molar-refractivity contribution >= 4 is 11.8 Å². The third-order valence-corrected chi connectivity index (χ3v) is 1.65. The maximum absolute atomic E-state index is 11.2. The van der Waals surface area contributed by atoms with Crippen molar-refractivity contribution in [2.75, 3.05) is 0 Å². The van der Waals surface area contributed by atoms with Gasteiger partial charge in [-0.3, -0.25) is 14.9 Å². The Bertz CT molecular complexity index is 478. The third-order valence-electron chi connectivity index (χ3n) is 1.65. The summed E-state index contributed by atoms with van der Waals surface area (Å²) in [7, 11) is 0. The quantitative estimate of drug-likeness (QED) is 0.599. The van der Waals surface area contributed by atoms with Crippen LogP contribution in [0.5, 0.6) is 0 Å². The highest BCUT2D eigenvalue weighted by molar-refractivity contribution is 5.69. The lowest BCUT2D eigenvalue weighted by atomic mass is 10.3. The molecular weight excluding hydrogens is 228 g/mol. The maximum Gasteiger partial charge on any atom is 0.418 e. The van der Waals surface area contributed by atoms with Crippen molar-refractivity contribution < 1.29 is 14.8 Å². The molecule has 7 nitrogen and oxygen atoms in total. The smallest absolute Gasteiger partial charge is 0.418 e. The van der Waals surface area contributed by atoms with Crippen LogP contribution < -0.4 is 5.56 Å². The molecule has 1 N–H and O–H groups in total. The van der Waals surface area contributed by atoms with Gasteiger partial charge in [0.2, 0.25) is 0 Å². The molecule has 1 aromatic rings. The molecule has 0 aromatic carbocycles. The van der Waals surface area contributed by atoms with Crippen LogP contribution in [-0.2, 0) is 0 Å². The van der Waals surface area contributed by atoms with Gasteiger partial charge in [-0.15, -0.1) is 0 Å². The SMILES string of the molecule is CCC.Cc1ccc([N+](=O)[O-])c(=O)n1C(=O)O. The van der Waals surface area contributed by atoms with Crippen LogP contribution >= 0.6 is 0 Å². The van der Waals surface area contributed by atoms with Crippen molar-refractivity contribution in [1.82, 2.24) is 4.57 Å². The second-order valence-corrected chi connectivity index (χ2v) is 3.25. The van der Waals surface area contributed by atoms with E-state index in [9.17, 15) is 19.7 Å². The first-order valence-electron chi connectivity index (χ1n) is 4.97. The van der Waals surface area contributed by atoms with Gasteiger partial charge in [-0.2, -0.15) is 0 Å². The molecule has 1 rings (SSSR count). The number of aromatic nitrogens is 1. The van der Waals surface area contributed by atoms with Gasteiger partial charge in [0.25, 0.3) is 0 Å². The lowest BCUT2D eigenvalue weighted by Crippen LogP contribution is -2.29. The Hall–Kier alpha value is -2.18. The minimum Gasteiger partial charge on any atom is -0.464 e. The number of rotatable bonds is 1. The van der Waals surface area contributed by atoms with Crippen LogP contribution in [0.4, 0.5) is 10.5 Å². The molecule has 0 amide bonds. The minimum atomic E-state index is -1.53. The third kappa shape index (κ3) is 3.71. The molecule has 0 aliphatic heterocycles. The van der Waals surface area contributed by atoms with Crippen LogP contribution in [0.15, 0.2) is 16.9 Å². The Labute approximate surface area is 97.5 Å². The standard InChI is InChI=1S/C7H6N2O5.C3H8/c1-4-2-3-5(9(13)14)6(10)8(4)7(11)12;1-3-2/h2-3H,1H3,(H,11,12);3H2,1-2H3. The van der Waals surface area contributed by atoms with Gasteiger partial charge in [0.15, 0.2) is 0 Å². The van der Waals surface area contributed by atoms with E-state index in [0.717, 1.165) is 6.07 Å². The number of aryl methyl sites for hydroxylation is 1. The Balaban J connectivity index is 0.000000770. The summed E-state index contributed by atoms with van der Waals surface area (Å²) < 4.78 is 0.331. The number of nitrogens with zero attached hydrogens (tertiary/aromatic N) is 2. The summed E-state index contributed by atoms with van der Waals surface area (Å²) in [5.41, 5.74) is -1.76. The molecular formula is C10H14N2O5. The molecule has 1 aromatic heterocycles. The number of carbonyl (C=O) groups is 1. The first kappa shape index (κ1) is 14.8. The fourth-order valence-corrected chi connectivity index (χ4v) is 0.997. The monoisotopic (exact) mass is 242 g/mol. The highest BCUT2D eigenvalue weighted by Crippen LogP contribution is 2.05. The average molecular weight is 242 g/mol. The number of hydrogen-bond acceptors (Lipinski definition) is 4. The van der Waals surface area contributed by atoms with Gasteiger partial charge in [0.05, 0.1) is 4.92 Å². The zero-order chi connectivity index (χ0) is 13.6. The molecule has 17 heavy (non-hydrogen) atoms. The van der Waals surface area contributed by atoms with Crippen molar-refractivity contribution in [1.29, 1.82) is 0 Å². The van der Waals surface area contributed by atoms with Crippen LogP contribution in [0.3, 0.4) is 0 Å². The summed E-state index contributed by atoms with van der Waals surface area (Å²) in [6, 6.07) is 2.19. The zero-order valence-corrected chi connectivity index (χ0v) is 9.84. The molecule has 94 valence electrons. The van der Waals surface area contributed by atoms with E-state index in [1.54, 1.807) is 0 Å². The molecule has 7 heteroatoms. The van der Waals surface area contributed by atoms with E-state index in [2.05, 4.69) is 13.8 Å². The van der Waals surface area contributed by atoms with Crippen molar-refractivity contribution in [2.45, 2.75) is 27.2 Å². The normalized spacial score (nSPS) is 9.12. The first-order chi connectivity index (χ1) is 7.86. The first-order valence-corrected chi connectivity index (χ1v) is 4.97. The van der Waals surface area contributed by atoms with Crippen LogP contribution in [-0.4, -0.2) is 20.7 Å². The molecule has 0 atom stereocenters. The van der Waals surface area contributed by atoms with E-state index in [0.29, 0.717) is 4.57 Å². The molecule has 0 spiro atoms. The minimum absolute atomic E-state index is 0.133. The fourth-order valence-electron chi connectivity index (χ4n) is 0.997. The van der Waals surface area contributed by atoms with Crippen LogP contribution in [0.2, 0.25) is 0 Å². The Morgan fingerprint density at radius 2 is 1.94 bits per heavy atom. The van der Waals surface area contributed by atoms with Gasteiger partial charge in [-0.1, -0.05) is 20.3 Å². The number of hydrogen-bond donors (Lipinski definition) is 1. The van der Waals surface area contributed by atoms with Gasteiger partial charge >= 0.3 is 17.3 Å². The van der Waals surface area contributed by atoms with Gasteiger partial charge in [-0.25, -0.2) is 9.36 Å². The Kier molecular flexibility index (Phi) is 5.59. The highest BCUT2D eigenvalue weighted by Gasteiger charge is 2.18. The molecule has 0 aliphatic carbocycles. The van der Waals surface area contributed by atoms with Gasteiger partial charge in [0.1, 0.15) is 0 Å². The second kappa shape index (κ2) is 6.41. The molecule has 0 unspecified atom stereocenters. The summed E-state index contributed by atoms with van der Waals surface area (Å²) in [5, 5.41) is 18.9. The second-order valence-electron chi connectivity index (χ2n) is 3.25. The Morgan fingerprint density at radius 3 is 2.29 bits per heavy atom. The van der Waals surface area contributed by atoms with Crippen molar-refractivity contribution in [3.05, 3.63) is 38.3 Å². The molecule has 0 saturated carbocycles. The molecule has 0 aliphatic rings. The summed E-state index contributed by atoms with van der Waals surface area (Å²) >= 11 is 0. The van der Waals surface area contributed by atoms with Crippen molar-refractivity contribution in [2.24, 2.45) is 0 Å². The van der Waals surface area contributed by atoms with Crippen molar-refractivity contribution in [3.63, 3.8) is 0 Å². The van der Waals surface area contributed by atoms with E-state index >= 15 is 0 Å². The van der Waals surface area contributed by atoms with E-state index in [1.807, 2.05) is 0 Å². The van der Waals surface area contributed by atoms with Gasteiger partial charge in [-0.05, 0) is 13.0 Å². The lowest BCUT2D eigenvalue weighted by molar-refractivity contribution is -0.386. The number of nitro groups is 1. The molecule has 0 radical (unpaired) electrons. The number of carboxylic acid groups (broad SMARTS) is 1. The van der Waals surface area contributed by atoms with E-state index in [4.69, 9.17) is 5.11 Å². The van der Waals surface area contributed by atoms with Crippen LogP contribution in [0.1, 0.15) is 26.0 Å². The van der Waals surface area contributed by atoms with Crippen LogP contribution in [0.25, 0.3) is 0 Å². The topological polar surface area (TPSA) is 102 Å². The molecule has 0 saturated heterocycles. The van der Waals surface area contributed by atoms with E-state index < -0.39 is 22.3 Å². The predicted octanol–water partition coefficient (Wildman–Crippen LogP) is 2.01. The summed E-state index contributed by atoms with van der Waals surface area (Å²) in [5.74, 6) is 0. The van der Waals surface area contributed by atoms with Crippen molar-refractivity contribution in [3.8, 4) is 0 Å². The van der Waals surface area contributed by atoms with E-state index in [1.165, 1.54) is 19.4 Å². The number of pyridine rings is 1. The van der Waals surface area contributed by atoms with Gasteiger partial charge in [0, 0.05) is 11.8 Å². The summed E-state index contributed by atoms with van der Waals surface area (Å²) in [6.07, 6.45) is -0.281. The highest BCUT2D eigenvalue weighted by atomic mass is 16.6. The fraction of sp³-hybridized carbons (Fsp3) is 0.400. The van der Waals surface area contributed by atoms with Crippen LogP contribution in [0, 0.1) is 17.0 Å². The summed E-state index contributed by atoms with van der Waals surface area (Å²) in [4.78, 5) is 31.2. The zero-order valence-electron chi connectivity index (χ0n) is 9.84. The molecule has 0 bridgehead atoms. The maximum atomic E-state index is 11.2. The molecule has 1 heterocycles. The van der Waals surface area contributed by atoms with Gasteiger partial charge < -0.3 is 5.11 Å². The average Bonchev–Trinajstić information content (AvgIpc) is 2.17. The van der Waals surface area contributed by atoms with E-state index in [-0.39, 0.29) is 5.69 Å².